The van der Waals surface area contributed by atoms with E-state index in [9.17, 15) is 32.7 Å². The standard InChI is InChI=1S/C27H26F3N5O5S/c1-4-31-26(39)34-22-9-16(24-33-21(13-41-24)27(28,29)30)18(10-32-22)15-6-7-20-17(8-15)23(37)19(25(38)40-5-2)11-35(20)14(3)12-36/h6-11,13-14,36H,4-5,12H2,1-3H3,(H2,31,32,34,39)/t14-/m0/s1. The molecule has 41 heavy (non-hydrogen) atoms. The fraction of sp³-hybridized carbons (Fsp3) is 0.296. The van der Waals surface area contributed by atoms with Gasteiger partial charge in [0, 0.05) is 40.8 Å². The molecule has 0 radical (unpaired) electrons. The third-order valence-corrected chi connectivity index (χ3v) is 6.96. The van der Waals surface area contributed by atoms with Crippen LogP contribution in [-0.2, 0) is 10.9 Å². The molecule has 0 aliphatic carbocycles. The zero-order chi connectivity index (χ0) is 29.9. The number of fused-ring (bicyclic) bond motifs is 1. The van der Waals surface area contributed by atoms with Crippen LogP contribution in [-0.4, -0.2) is 51.4 Å². The van der Waals surface area contributed by atoms with Crippen LogP contribution in [0.25, 0.3) is 32.6 Å². The number of carbonyl (C=O) groups excluding carboxylic acids is 2. The van der Waals surface area contributed by atoms with E-state index in [1.807, 2.05) is 0 Å². The lowest BCUT2D eigenvalue weighted by molar-refractivity contribution is -0.140. The molecule has 0 saturated carbocycles. The molecular weight excluding hydrogens is 563 g/mol. The van der Waals surface area contributed by atoms with Crippen LogP contribution >= 0.6 is 11.3 Å². The number of esters is 1. The van der Waals surface area contributed by atoms with Crippen molar-refractivity contribution >= 4 is 40.1 Å². The maximum atomic E-state index is 13.4. The average molecular weight is 590 g/mol. The Balaban J connectivity index is 1.94. The summed E-state index contributed by atoms with van der Waals surface area (Å²) in [5.74, 6) is -0.753. The van der Waals surface area contributed by atoms with Gasteiger partial charge in [0.1, 0.15) is 16.4 Å². The number of ether oxygens (including phenoxy) is 1. The Bertz CT molecular complexity index is 1670. The Hall–Kier alpha value is -4.30. The van der Waals surface area contributed by atoms with E-state index >= 15 is 0 Å². The highest BCUT2D eigenvalue weighted by Crippen LogP contribution is 2.39. The Morgan fingerprint density at radius 1 is 1.20 bits per heavy atom. The predicted molar refractivity (Wildman–Crippen MR) is 148 cm³/mol. The Kier molecular flexibility index (Phi) is 8.73. The van der Waals surface area contributed by atoms with E-state index in [-0.39, 0.29) is 40.6 Å². The van der Waals surface area contributed by atoms with Gasteiger partial charge in [-0.2, -0.15) is 13.2 Å². The fourth-order valence-electron chi connectivity index (χ4n) is 4.11. The summed E-state index contributed by atoms with van der Waals surface area (Å²) >= 11 is 0.762. The van der Waals surface area contributed by atoms with Crippen molar-refractivity contribution in [2.75, 3.05) is 25.1 Å². The van der Waals surface area contributed by atoms with E-state index in [0.717, 1.165) is 16.7 Å². The number of hydrogen-bond acceptors (Lipinski definition) is 8. The number of aliphatic hydroxyl groups is 1. The van der Waals surface area contributed by atoms with Gasteiger partial charge in [-0.15, -0.1) is 11.3 Å². The van der Waals surface area contributed by atoms with Crippen molar-refractivity contribution in [1.29, 1.82) is 0 Å². The summed E-state index contributed by atoms with van der Waals surface area (Å²) in [6.45, 7) is 5.14. The van der Waals surface area contributed by atoms with Crippen molar-refractivity contribution in [2.24, 2.45) is 0 Å². The second-order valence-electron chi connectivity index (χ2n) is 8.90. The SMILES string of the molecule is CCNC(=O)Nc1cc(-c2nc(C(F)(F)F)cs2)c(-c2ccc3c(c2)c(=O)c(C(=O)OCC)cn3[C@@H](C)CO)cn1. The monoisotopic (exact) mass is 589 g/mol. The van der Waals surface area contributed by atoms with Crippen LogP contribution in [0.3, 0.4) is 0 Å². The van der Waals surface area contributed by atoms with E-state index in [0.29, 0.717) is 23.2 Å². The fourth-order valence-corrected chi connectivity index (χ4v) is 4.97. The van der Waals surface area contributed by atoms with E-state index < -0.39 is 35.3 Å². The van der Waals surface area contributed by atoms with Crippen molar-refractivity contribution in [3.63, 3.8) is 0 Å². The molecular formula is C27H26F3N5O5S. The molecule has 3 N–H and O–H groups in total. The van der Waals surface area contributed by atoms with Gasteiger partial charge in [-0.3, -0.25) is 10.1 Å². The largest absolute Gasteiger partial charge is 0.462 e. The summed E-state index contributed by atoms with van der Waals surface area (Å²) in [5.41, 5.74) is -0.528. The van der Waals surface area contributed by atoms with Gasteiger partial charge in [0.15, 0.2) is 5.69 Å². The number of aromatic nitrogens is 3. The molecule has 1 aromatic carbocycles. The molecule has 3 heterocycles. The molecule has 0 aliphatic rings. The highest BCUT2D eigenvalue weighted by Gasteiger charge is 2.34. The van der Waals surface area contributed by atoms with Crippen LogP contribution in [0.2, 0.25) is 0 Å². The molecule has 0 aliphatic heterocycles. The minimum absolute atomic E-state index is 0.0142. The van der Waals surface area contributed by atoms with Crippen LogP contribution < -0.4 is 16.1 Å². The smallest absolute Gasteiger partial charge is 0.434 e. The molecule has 3 aromatic heterocycles. The topological polar surface area (TPSA) is 135 Å². The van der Waals surface area contributed by atoms with Crippen LogP contribution in [0.4, 0.5) is 23.8 Å². The van der Waals surface area contributed by atoms with Gasteiger partial charge in [0.2, 0.25) is 5.43 Å². The summed E-state index contributed by atoms with van der Waals surface area (Å²) in [4.78, 5) is 46.1. The molecule has 0 unspecified atom stereocenters. The van der Waals surface area contributed by atoms with Crippen LogP contribution in [0.1, 0.15) is 42.9 Å². The third kappa shape index (κ3) is 6.23. The van der Waals surface area contributed by atoms with E-state index in [1.54, 1.807) is 37.5 Å². The highest BCUT2D eigenvalue weighted by atomic mass is 32.1. The lowest BCUT2D eigenvalue weighted by Gasteiger charge is -2.19. The summed E-state index contributed by atoms with van der Waals surface area (Å²) in [5, 5.41) is 15.9. The van der Waals surface area contributed by atoms with E-state index in [1.165, 1.54) is 24.5 Å². The van der Waals surface area contributed by atoms with Crippen LogP contribution in [0.5, 0.6) is 0 Å². The van der Waals surface area contributed by atoms with Gasteiger partial charge < -0.3 is 19.7 Å². The minimum Gasteiger partial charge on any atom is -0.462 e. The number of halogens is 3. The van der Waals surface area contributed by atoms with Gasteiger partial charge in [0.05, 0.1) is 24.8 Å². The quantitative estimate of drug-likeness (QED) is 0.244. The maximum Gasteiger partial charge on any atom is 0.434 e. The van der Waals surface area contributed by atoms with E-state index in [2.05, 4.69) is 20.6 Å². The number of nitrogens with zero attached hydrogens (tertiary/aromatic N) is 3. The van der Waals surface area contributed by atoms with Crippen molar-refractivity contribution in [3.05, 3.63) is 63.5 Å². The number of nitrogens with one attached hydrogen (secondary N) is 2. The third-order valence-electron chi connectivity index (χ3n) is 6.09. The normalized spacial score (nSPS) is 12.3. The Morgan fingerprint density at radius 2 is 1.95 bits per heavy atom. The molecule has 4 aromatic rings. The number of anilines is 1. The first-order chi connectivity index (χ1) is 19.5. The number of hydrogen-bond donors (Lipinski definition) is 3. The average Bonchev–Trinajstić information content (AvgIpc) is 3.44. The molecule has 14 heteroatoms. The second-order valence-corrected chi connectivity index (χ2v) is 9.76. The first-order valence-electron chi connectivity index (χ1n) is 12.5. The van der Waals surface area contributed by atoms with E-state index in [4.69, 9.17) is 4.74 Å². The van der Waals surface area contributed by atoms with Gasteiger partial charge in [-0.05, 0) is 44.5 Å². The second kappa shape index (κ2) is 12.1. The van der Waals surface area contributed by atoms with Gasteiger partial charge in [0.25, 0.3) is 0 Å². The number of thiazole rings is 1. The highest BCUT2D eigenvalue weighted by molar-refractivity contribution is 7.13. The molecule has 4 rings (SSSR count). The van der Waals surface area contributed by atoms with Crippen molar-refractivity contribution in [2.45, 2.75) is 33.0 Å². The molecule has 0 spiro atoms. The van der Waals surface area contributed by atoms with Gasteiger partial charge in [-0.1, -0.05) is 6.07 Å². The number of benzene rings is 1. The summed E-state index contributed by atoms with van der Waals surface area (Å²) < 4.78 is 46.7. The predicted octanol–water partition coefficient (Wildman–Crippen LogP) is 5.08. The number of urea groups is 1. The number of aliphatic hydroxyl groups excluding tert-OH is 1. The van der Waals surface area contributed by atoms with Crippen LogP contribution in [0.15, 0.2) is 46.8 Å². The zero-order valence-corrected chi connectivity index (χ0v) is 23.0. The van der Waals surface area contributed by atoms with Gasteiger partial charge in [-0.25, -0.2) is 19.6 Å². The number of amides is 2. The molecule has 0 bridgehead atoms. The zero-order valence-electron chi connectivity index (χ0n) is 22.2. The summed E-state index contributed by atoms with van der Waals surface area (Å²) in [6, 6.07) is 5.10. The lowest BCUT2D eigenvalue weighted by Crippen LogP contribution is -2.28. The van der Waals surface area contributed by atoms with Gasteiger partial charge >= 0.3 is 18.2 Å². The molecule has 0 saturated heterocycles. The molecule has 2 amide bonds. The molecule has 1 atom stereocenters. The van der Waals surface area contributed by atoms with Crippen molar-refractivity contribution in [1.82, 2.24) is 19.9 Å². The maximum absolute atomic E-state index is 13.4. The van der Waals surface area contributed by atoms with Crippen LogP contribution in [0, 0.1) is 0 Å². The molecule has 10 nitrogen and oxygen atoms in total. The minimum atomic E-state index is -4.66. The lowest BCUT2D eigenvalue weighted by atomic mass is 9.99. The summed E-state index contributed by atoms with van der Waals surface area (Å²) in [7, 11) is 0. The summed E-state index contributed by atoms with van der Waals surface area (Å²) in [6.07, 6.45) is -1.96. The molecule has 216 valence electrons. The molecule has 0 fully saturated rings. The first kappa shape index (κ1) is 29.7. The number of pyridine rings is 2. The Morgan fingerprint density at radius 3 is 2.59 bits per heavy atom. The van der Waals surface area contributed by atoms with Crippen molar-refractivity contribution in [3.8, 4) is 21.7 Å². The number of carbonyl (C=O) groups is 2. The first-order valence-corrected chi connectivity index (χ1v) is 13.4. The van der Waals surface area contributed by atoms with Crippen molar-refractivity contribution < 1.29 is 32.6 Å². The number of rotatable bonds is 8. The number of alkyl halides is 3. The Labute approximate surface area is 235 Å².